The molecule has 9 heteroatoms. The first-order valence-electron chi connectivity index (χ1n) is 10.7. The van der Waals surface area contributed by atoms with Crippen molar-refractivity contribution in [2.45, 2.75) is 32.0 Å². The second kappa shape index (κ2) is 9.91. The van der Waals surface area contributed by atoms with Gasteiger partial charge in [-0.3, -0.25) is 9.78 Å². The molecule has 2 N–H and O–H groups in total. The van der Waals surface area contributed by atoms with Crippen molar-refractivity contribution >= 4 is 46.2 Å². The second-order valence-electron chi connectivity index (χ2n) is 8.08. The summed E-state index contributed by atoms with van der Waals surface area (Å²) in [5, 5.41) is 7.22. The summed E-state index contributed by atoms with van der Waals surface area (Å²) in [6.07, 6.45) is 3.87. The van der Waals surface area contributed by atoms with Gasteiger partial charge in [0.2, 0.25) is 5.91 Å². The van der Waals surface area contributed by atoms with E-state index < -0.39 is 0 Å². The number of anilines is 2. The molecule has 0 aliphatic carbocycles. The van der Waals surface area contributed by atoms with Crippen molar-refractivity contribution in [3.8, 4) is 0 Å². The molecule has 1 aromatic carbocycles. The number of carbonyl (C=O) groups excluding carboxylic acids is 1. The van der Waals surface area contributed by atoms with Gasteiger partial charge in [-0.05, 0) is 68.5 Å². The highest BCUT2D eigenvalue weighted by molar-refractivity contribution is 7.80. The van der Waals surface area contributed by atoms with Crippen LogP contribution in [0.15, 0.2) is 60.9 Å². The van der Waals surface area contributed by atoms with Crippen LogP contribution in [0.25, 0.3) is 0 Å². The van der Waals surface area contributed by atoms with Crippen LogP contribution in [0.4, 0.5) is 11.4 Å². The fourth-order valence-electron chi connectivity index (χ4n) is 4.13. The van der Waals surface area contributed by atoms with Gasteiger partial charge < -0.3 is 24.8 Å². The predicted molar refractivity (Wildman–Crippen MR) is 135 cm³/mol. The quantitative estimate of drug-likeness (QED) is 0.467. The van der Waals surface area contributed by atoms with Crippen molar-refractivity contribution in [3.05, 3.63) is 77.3 Å². The molecule has 7 nitrogen and oxygen atoms in total. The zero-order valence-electron chi connectivity index (χ0n) is 18.7. The third kappa shape index (κ3) is 4.73. The van der Waals surface area contributed by atoms with E-state index in [1.165, 1.54) is 7.11 Å². The van der Waals surface area contributed by atoms with Crippen molar-refractivity contribution < 1.29 is 9.53 Å². The molecule has 1 saturated heterocycles. The van der Waals surface area contributed by atoms with Gasteiger partial charge in [0, 0.05) is 36.9 Å². The van der Waals surface area contributed by atoms with Crippen molar-refractivity contribution in [2.24, 2.45) is 0 Å². The molecule has 1 fully saturated rings. The average molecular weight is 484 g/mol. The Labute approximate surface area is 203 Å². The summed E-state index contributed by atoms with van der Waals surface area (Å²) in [4.78, 5) is 18.6. The first kappa shape index (κ1) is 23.2. The Morgan fingerprint density at radius 1 is 1.27 bits per heavy atom. The van der Waals surface area contributed by atoms with E-state index in [2.05, 4.69) is 51.2 Å². The Morgan fingerprint density at radius 2 is 2.09 bits per heavy atom. The molecule has 3 aromatic rings. The molecule has 1 aliphatic heterocycles. The van der Waals surface area contributed by atoms with Gasteiger partial charge in [-0.1, -0.05) is 17.7 Å². The maximum atomic E-state index is 11.9. The summed E-state index contributed by atoms with van der Waals surface area (Å²) in [6, 6.07) is 15.5. The Bertz CT molecular complexity index is 1150. The van der Waals surface area contributed by atoms with E-state index in [1.54, 1.807) is 12.3 Å². The van der Waals surface area contributed by atoms with Crippen LogP contribution >= 0.6 is 23.8 Å². The smallest absolute Gasteiger partial charge is 0.250 e. The number of methoxy groups -OCH3 is 1. The summed E-state index contributed by atoms with van der Waals surface area (Å²) in [6.45, 7) is 4.26. The van der Waals surface area contributed by atoms with Gasteiger partial charge in [-0.25, -0.2) is 0 Å². The largest absolute Gasteiger partial charge is 0.375 e. The van der Waals surface area contributed by atoms with Crippen molar-refractivity contribution in [1.29, 1.82) is 0 Å². The van der Waals surface area contributed by atoms with Crippen molar-refractivity contribution in [2.75, 3.05) is 23.9 Å². The summed E-state index contributed by atoms with van der Waals surface area (Å²) in [5.74, 6) is -0.270. The normalized spacial score (nSPS) is 18.0. The van der Waals surface area contributed by atoms with Gasteiger partial charge in [0.05, 0.1) is 22.4 Å². The first-order chi connectivity index (χ1) is 15.9. The maximum Gasteiger partial charge on any atom is 0.250 e. The number of ether oxygens (including phenoxy) is 1. The fraction of sp³-hybridized carbons (Fsp3) is 0.292. The average Bonchev–Trinajstić information content (AvgIpc) is 3.40. The van der Waals surface area contributed by atoms with Gasteiger partial charge >= 0.3 is 0 Å². The lowest BCUT2D eigenvalue weighted by atomic mass is 10.0. The molecule has 33 heavy (non-hydrogen) atoms. The van der Waals surface area contributed by atoms with Crippen molar-refractivity contribution in [1.82, 2.24) is 14.9 Å². The molecule has 3 heterocycles. The molecule has 1 aliphatic rings. The monoisotopic (exact) mass is 483 g/mol. The zero-order valence-corrected chi connectivity index (χ0v) is 20.2. The van der Waals surface area contributed by atoms with E-state index in [9.17, 15) is 4.79 Å². The number of amides is 1. The van der Waals surface area contributed by atoms with Gasteiger partial charge in [-0.15, -0.1) is 0 Å². The molecule has 172 valence electrons. The molecular formula is C24H26ClN5O2S. The van der Waals surface area contributed by atoms with Crippen LogP contribution in [-0.2, 0) is 9.53 Å². The zero-order chi connectivity index (χ0) is 23.5. The number of benzene rings is 1. The summed E-state index contributed by atoms with van der Waals surface area (Å²) < 4.78 is 7.12. The van der Waals surface area contributed by atoms with Crippen LogP contribution < -0.4 is 15.5 Å². The Hall–Kier alpha value is -2.94. The number of pyridine rings is 1. The van der Waals surface area contributed by atoms with Crippen LogP contribution in [-0.4, -0.2) is 34.3 Å². The van der Waals surface area contributed by atoms with Gasteiger partial charge in [-0.2, -0.15) is 0 Å². The molecule has 0 radical (unpaired) electrons. The van der Waals surface area contributed by atoms with Crippen molar-refractivity contribution in [3.63, 3.8) is 0 Å². The lowest BCUT2D eigenvalue weighted by molar-refractivity contribution is -0.119. The minimum absolute atomic E-state index is 0.0434. The highest BCUT2D eigenvalue weighted by Crippen LogP contribution is 2.43. The van der Waals surface area contributed by atoms with E-state index in [-0.39, 0.29) is 30.6 Å². The number of halogens is 1. The molecule has 0 saturated carbocycles. The third-order valence-electron chi connectivity index (χ3n) is 5.55. The fourth-order valence-corrected chi connectivity index (χ4v) is 4.70. The molecule has 2 aromatic heterocycles. The van der Waals surface area contributed by atoms with Crippen LogP contribution in [0.1, 0.15) is 43.4 Å². The minimum Gasteiger partial charge on any atom is -0.375 e. The minimum atomic E-state index is -0.270. The van der Waals surface area contributed by atoms with Gasteiger partial charge in [0.1, 0.15) is 12.6 Å². The number of carbonyl (C=O) groups is 1. The van der Waals surface area contributed by atoms with Gasteiger partial charge in [0.25, 0.3) is 0 Å². The van der Waals surface area contributed by atoms with Crippen LogP contribution in [0.2, 0.25) is 5.02 Å². The molecular weight excluding hydrogens is 458 g/mol. The van der Waals surface area contributed by atoms with Crippen LogP contribution in [0.5, 0.6) is 0 Å². The molecule has 0 spiro atoms. The number of hydrogen-bond donors (Lipinski definition) is 2. The summed E-state index contributed by atoms with van der Waals surface area (Å²) in [5.41, 5.74) is 3.35. The SMILES string of the molecule is COCC(=O)Nc1ccc(N2C(=S)N[C@H](c3ccccn3)[C@@H]2c2cccn2C(C)C)cc1Cl. The highest BCUT2D eigenvalue weighted by atomic mass is 35.5. The van der Waals surface area contributed by atoms with E-state index in [0.717, 1.165) is 17.1 Å². The maximum absolute atomic E-state index is 11.9. The lowest BCUT2D eigenvalue weighted by Crippen LogP contribution is -2.30. The van der Waals surface area contributed by atoms with E-state index >= 15 is 0 Å². The Morgan fingerprint density at radius 3 is 2.76 bits per heavy atom. The lowest BCUT2D eigenvalue weighted by Gasteiger charge is -2.30. The molecule has 2 atom stereocenters. The second-order valence-corrected chi connectivity index (χ2v) is 8.87. The number of rotatable bonds is 7. The highest BCUT2D eigenvalue weighted by Gasteiger charge is 2.42. The predicted octanol–water partition coefficient (Wildman–Crippen LogP) is 4.88. The van der Waals surface area contributed by atoms with E-state index in [1.807, 2.05) is 36.4 Å². The number of aromatic nitrogens is 2. The van der Waals surface area contributed by atoms with Crippen LogP contribution in [0.3, 0.4) is 0 Å². The first-order valence-corrected chi connectivity index (χ1v) is 11.4. The van der Waals surface area contributed by atoms with E-state index in [4.69, 9.17) is 28.6 Å². The Balaban J connectivity index is 1.76. The number of hydrogen-bond acceptors (Lipinski definition) is 4. The molecule has 0 bridgehead atoms. The molecule has 1 amide bonds. The number of nitrogens with one attached hydrogen (secondary N) is 2. The van der Waals surface area contributed by atoms with E-state index in [0.29, 0.717) is 15.8 Å². The van der Waals surface area contributed by atoms with Gasteiger partial charge in [0.15, 0.2) is 5.11 Å². The number of nitrogens with zero attached hydrogens (tertiary/aromatic N) is 3. The molecule has 4 rings (SSSR count). The summed E-state index contributed by atoms with van der Waals surface area (Å²) in [7, 11) is 1.47. The third-order valence-corrected chi connectivity index (χ3v) is 6.18. The molecule has 0 unspecified atom stereocenters. The van der Waals surface area contributed by atoms with Crippen LogP contribution in [0, 0.1) is 0 Å². The Kier molecular flexibility index (Phi) is 6.97. The number of thiocarbonyl (C=S) groups is 1. The topological polar surface area (TPSA) is 71.4 Å². The summed E-state index contributed by atoms with van der Waals surface area (Å²) >= 11 is 12.3. The standard InChI is InChI=1S/C24H26ClN5O2S/c1-15(2)29-12-6-8-20(29)23-22(19-7-4-5-11-26-19)28-24(33)30(23)16-9-10-18(17(25)13-16)27-21(31)14-32-3/h4-13,15,22-23H,14H2,1-3H3,(H,27,31)(H,28,33)/t22-,23+/m1/s1.